The summed E-state index contributed by atoms with van der Waals surface area (Å²) < 4.78 is 17.5. The number of likely N-dealkylation sites (tertiary alicyclic amines) is 1. The van der Waals surface area contributed by atoms with Gasteiger partial charge in [-0.15, -0.1) is 11.3 Å². The van der Waals surface area contributed by atoms with Crippen LogP contribution in [0.2, 0.25) is 0 Å². The maximum Gasteiger partial charge on any atom is 0.410 e. The zero-order valence-electron chi connectivity index (χ0n) is 26.9. The molecule has 1 aromatic carbocycles. The number of aromatic nitrogens is 1. The molecule has 1 saturated carbocycles. The minimum absolute atomic E-state index is 0.155. The van der Waals surface area contributed by atoms with E-state index in [4.69, 9.17) is 29.7 Å². The fourth-order valence-corrected chi connectivity index (χ4v) is 7.79. The van der Waals surface area contributed by atoms with Crippen molar-refractivity contribution in [3.05, 3.63) is 64.2 Å². The number of rotatable bonds is 5. The minimum Gasteiger partial charge on any atom is -0.490 e. The lowest BCUT2D eigenvalue weighted by Gasteiger charge is -2.51. The molecule has 0 radical (unpaired) electrons. The molecule has 2 fully saturated rings. The Hall–Kier alpha value is -3.99. The summed E-state index contributed by atoms with van der Waals surface area (Å²) in [6.07, 6.45) is 7.32. The summed E-state index contributed by atoms with van der Waals surface area (Å²) in [5.41, 5.74) is 3.54. The van der Waals surface area contributed by atoms with Crippen LogP contribution in [0.5, 0.6) is 5.75 Å². The van der Waals surface area contributed by atoms with Gasteiger partial charge in [0.25, 0.3) is 0 Å². The van der Waals surface area contributed by atoms with E-state index >= 15 is 0 Å². The molecule has 2 aliphatic heterocycles. The van der Waals surface area contributed by atoms with E-state index in [-0.39, 0.29) is 29.3 Å². The number of aryl methyl sites for hydroxylation is 1. The molecule has 1 amide bonds. The highest BCUT2D eigenvalue weighted by Gasteiger charge is 2.48. The van der Waals surface area contributed by atoms with Gasteiger partial charge in [0.1, 0.15) is 40.3 Å². The molecule has 1 spiro atoms. The number of nitrogens with one attached hydrogen (secondary N) is 2. The van der Waals surface area contributed by atoms with Crippen LogP contribution in [0, 0.1) is 30.1 Å². The molecule has 238 valence electrons. The molecule has 2 N–H and O–H groups in total. The highest BCUT2D eigenvalue weighted by atomic mass is 32.1. The van der Waals surface area contributed by atoms with E-state index in [0.717, 1.165) is 76.8 Å². The third-order valence-electron chi connectivity index (χ3n) is 9.06. The minimum atomic E-state index is -0.568. The molecular formula is C34H42N6O4S. The predicted molar refractivity (Wildman–Crippen MR) is 177 cm³/mol. The number of amides is 1. The van der Waals surface area contributed by atoms with Crippen LogP contribution in [0.3, 0.4) is 0 Å². The second-order valence-corrected chi connectivity index (χ2v) is 14.7. The Morgan fingerprint density at radius 3 is 2.44 bits per heavy atom. The number of hydrogen-bond acceptors (Lipinski definition) is 9. The maximum atomic E-state index is 12.5. The van der Waals surface area contributed by atoms with Gasteiger partial charge >= 0.3 is 6.09 Å². The number of anilines is 1. The van der Waals surface area contributed by atoms with E-state index in [0.29, 0.717) is 12.3 Å². The molecule has 3 aromatic rings. The Balaban J connectivity index is 1.17. The second kappa shape index (κ2) is 11.7. The van der Waals surface area contributed by atoms with Crippen LogP contribution >= 0.6 is 11.3 Å². The quantitative estimate of drug-likeness (QED) is 0.228. The fraction of sp³-hybridized carbons (Fsp3) is 0.500. The first-order chi connectivity index (χ1) is 21.3. The Morgan fingerprint density at radius 2 is 1.84 bits per heavy atom. The van der Waals surface area contributed by atoms with Crippen molar-refractivity contribution < 1.29 is 18.7 Å². The summed E-state index contributed by atoms with van der Waals surface area (Å²) in [6.45, 7) is 13.0. The van der Waals surface area contributed by atoms with Gasteiger partial charge in [0.15, 0.2) is 5.89 Å². The van der Waals surface area contributed by atoms with E-state index < -0.39 is 11.6 Å². The number of ether oxygens (including phenoxy) is 2. The van der Waals surface area contributed by atoms with E-state index in [1.807, 2.05) is 49.9 Å². The first kappa shape index (κ1) is 31.0. The summed E-state index contributed by atoms with van der Waals surface area (Å²) in [4.78, 5) is 26.6. The van der Waals surface area contributed by atoms with Crippen LogP contribution in [0.25, 0.3) is 0 Å². The summed E-state index contributed by atoms with van der Waals surface area (Å²) >= 11 is 1.59. The third kappa shape index (κ3) is 6.27. The van der Waals surface area contributed by atoms with Gasteiger partial charge in [0, 0.05) is 29.1 Å². The Labute approximate surface area is 268 Å². The van der Waals surface area contributed by atoms with Crippen LogP contribution in [0.1, 0.15) is 80.8 Å². The average molecular weight is 631 g/mol. The molecule has 10 nitrogen and oxygen atoms in total. The van der Waals surface area contributed by atoms with Gasteiger partial charge in [0.05, 0.1) is 24.4 Å². The Morgan fingerprint density at radius 1 is 1.16 bits per heavy atom. The fourth-order valence-electron chi connectivity index (χ4n) is 6.57. The molecule has 1 saturated heterocycles. The Kier molecular flexibility index (Phi) is 8.09. The molecule has 2 aromatic heterocycles. The van der Waals surface area contributed by atoms with Crippen molar-refractivity contribution in [1.29, 1.82) is 10.8 Å². The van der Waals surface area contributed by atoms with Crippen LogP contribution < -0.4 is 9.64 Å². The van der Waals surface area contributed by atoms with Crippen molar-refractivity contribution in [2.75, 3.05) is 18.0 Å². The zero-order chi connectivity index (χ0) is 32.1. The molecule has 1 atom stereocenters. The number of benzene rings is 1. The average Bonchev–Trinajstić information content (AvgIpc) is 3.54. The van der Waals surface area contributed by atoms with Crippen molar-refractivity contribution >= 4 is 39.8 Å². The number of amidine groups is 2. The summed E-state index contributed by atoms with van der Waals surface area (Å²) in [5.74, 6) is 1.83. The molecular weight excluding hydrogens is 588 g/mol. The number of fused-ring (bicyclic) bond motifs is 1. The summed E-state index contributed by atoms with van der Waals surface area (Å²) in [7, 11) is 0. The number of hydrogen-bond donors (Lipinski definition) is 2. The van der Waals surface area contributed by atoms with Crippen molar-refractivity contribution in [3.63, 3.8) is 0 Å². The van der Waals surface area contributed by atoms with Crippen LogP contribution in [-0.2, 0) is 11.2 Å². The van der Waals surface area contributed by atoms with Gasteiger partial charge < -0.3 is 18.8 Å². The van der Waals surface area contributed by atoms with Gasteiger partial charge in [-0.3, -0.25) is 20.7 Å². The number of oxazole rings is 1. The second-order valence-electron chi connectivity index (χ2n) is 13.5. The molecule has 45 heavy (non-hydrogen) atoms. The normalized spacial score (nSPS) is 19.9. The number of nitrogens with zero attached hydrogens (tertiary/aromatic N) is 4. The molecule has 1 aliphatic carbocycles. The van der Waals surface area contributed by atoms with Crippen molar-refractivity contribution in [2.45, 2.75) is 91.4 Å². The summed E-state index contributed by atoms with van der Waals surface area (Å²) in [5, 5.41) is 18.5. The molecule has 0 bridgehead atoms. The van der Waals surface area contributed by atoms with Gasteiger partial charge in [-0.1, -0.05) is 0 Å². The topological polar surface area (TPSA) is 128 Å². The maximum absolute atomic E-state index is 12.5. The van der Waals surface area contributed by atoms with Crippen molar-refractivity contribution in [2.24, 2.45) is 10.4 Å². The lowest BCUT2D eigenvalue weighted by atomic mass is 9.61. The number of aliphatic imine (C=N–C) groups is 1. The largest absolute Gasteiger partial charge is 0.490 e. The van der Waals surface area contributed by atoms with E-state index in [2.05, 4.69) is 18.8 Å². The summed E-state index contributed by atoms with van der Waals surface area (Å²) in [6, 6.07) is 7.51. The standard InChI is InChI=1S/C34H42N6O4S/c1-20-21(2)45-31-28(20)29(38-26(17-27-37-13-16-42-27)30(36)40(31)22(3)35)23-7-9-24(10-8-23)43-25-18-34(19-25)11-14-39(15-12-34)32(41)44-33(4,5)6/h7-10,13,16,25-26,35-36H,11-12,14-15,17-19H2,1-6H3. The molecule has 4 heterocycles. The zero-order valence-corrected chi connectivity index (χ0v) is 27.7. The third-order valence-corrected chi connectivity index (χ3v) is 10.3. The number of carbonyl (C=O) groups excluding carboxylic acids is 1. The van der Waals surface area contributed by atoms with Gasteiger partial charge in [-0.2, -0.15) is 0 Å². The molecule has 11 heteroatoms. The van der Waals surface area contributed by atoms with Crippen LogP contribution in [0.15, 0.2) is 46.1 Å². The van der Waals surface area contributed by atoms with Crippen molar-refractivity contribution in [1.82, 2.24) is 9.88 Å². The smallest absolute Gasteiger partial charge is 0.410 e. The lowest BCUT2D eigenvalue weighted by molar-refractivity contribution is -0.0583. The first-order valence-electron chi connectivity index (χ1n) is 15.6. The van der Waals surface area contributed by atoms with Gasteiger partial charge in [-0.25, -0.2) is 9.78 Å². The Bertz CT molecular complexity index is 1620. The highest BCUT2D eigenvalue weighted by molar-refractivity contribution is 7.17. The molecule has 1 unspecified atom stereocenters. The predicted octanol–water partition coefficient (Wildman–Crippen LogP) is 7.15. The van der Waals surface area contributed by atoms with Gasteiger partial charge in [0.2, 0.25) is 0 Å². The first-order valence-corrected chi connectivity index (χ1v) is 16.4. The van der Waals surface area contributed by atoms with Gasteiger partial charge in [-0.05, 0) is 102 Å². The van der Waals surface area contributed by atoms with E-state index in [1.165, 1.54) is 6.26 Å². The number of carbonyl (C=O) groups is 1. The SMILES string of the molecule is CC(=N)N1C(=N)C(Cc2ncco2)N=C(c2ccc(OC3CC4(CCN(C(=O)OC(C)(C)C)CC4)C3)cc2)c2c1sc(C)c2C. The molecule has 3 aliphatic rings. The lowest BCUT2D eigenvalue weighted by Crippen LogP contribution is -2.52. The van der Waals surface area contributed by atoms with Crippen molar-refractivity contribution in [3.8, 4) is 5.75 Å². The number of thiophene rings is 1. The van der Waals surface area contributed by atoms with Crippen LogP contribution in [0.4, 0.5) is 9.80 Å². The highest BCUT2D eigenvalue weighted by Crippen LogP contribution is 2.50. The van der Waals surface area contributed by atoms with Crippen LogP contribution in [-0.4, -0.2) is 64.2 Å². The molecule has 6 rings (SSSR count). The van der Waals surface area contributed by atoms with E-state index in [9.17, 15) is 4.79 Å². The monoisotopic (exact) mass is 630 g/mol. The number of piperidine rings is 1. The van der Waals surface area contributed by atoms with E-state index in [1.54, 1.807) is 29.4 Å².